The maximum atomic E-state index is 13.6. The van der Waals surface area contributed by atoms with Gasteiger partial charge in [0, 0.05) is 11.1 Å². The van der Waals surface area contributed by atoms with Crippen molar-refractivity contribution in [3.8, 4) is 0 Å². The van der Waals surface area contributed by atoms with Gasteiger partial charge in [0.1, 0.15) is 0 Å². The zero-order valence-corrected chi connectivity index (χ0v) is 17.0. The summed E-state index contributed by atoms with van der Waals surface area (Å²) < 4.78 is 1.74. The summed E-state index contributed by atoms with van der Waals surface area (Å²) in [4.78, 5) is 28.0. The third-order valence-corrected chi connectivity index (χ3v) is 8.08. The maximum absolute atomic E-state index is 13.6. The van der Waals surface area contributed by atoms with Crippen LogP contribution in [0.2, 0.25) is 0 Å². The monoisotopic (exact) mass is 401 g/mol. The lowest BCUT2D eigenvalue weighted by atomic mass is 9.46. The lowest BCUT2D eigenvalue weighted by Crippen LogP contribution is -2.61. The second-order valence-electron chi connectivity index (χ2n) is 10.2. The normalized spacial score (nSPS) is 37.1. The fourth-order valence-corrected chi connectivity index (χ4v) is 7.25. The van der Waals surface area contributed by atoms with Crippen molar-refractivity contribution >= 4 is 11.9 Å². The molecule has 0 saturated heterocycles. The van der Waals surface area contributed by atoms with E-state index in [2.05, 4.69) is 15.4 Å². The van der Waals surface area contributed by atoms with Gasteiger partial charge in [0.05, 0.1) is 11.0 Å². The molecule has 8 nitrogen and oxygen atoms in total. The fraction of sp³-hybridized carbons (Fsp3) is 0.857. The second-order valence-corrected chi connectivity index (χ2v) is 10.2. The van der Waals surface area contributed by atoms with Crippen molar-refractivity contribution in [3.05, 3.63) is 16.4 Å². The van der Waals surface area contributed by atoms with E-state index in [1.165, 1.54) is 44.9 Å². The predicted molar refractivity (Wildman–Crippen MR) is 106 cm³/mol. The highest BCUT2D eigenvalue weighted by atomic mass is 16.6. The Morgan fingerprint density at radius 3 is 2.38 bits per heavy atom. The van der Waals surface area contributed by atoms with Gasteiger partial charge in [0.15, 0.2) is 0 Å². The Bertz CT molecular complexity index is 784. The van der Waals surface area contributed by atoms with Crippen LogP contribution in [-0.4, -0.2) is 31.6 Å². The van der Waals surface area contributed by atoms with Crippen LogP contribution in [0.1, 0.15) is 83.5 Å². The van der Waals surface area contributed by atoms with Gasteiger partial charge in [-0.3, -0.25) is 4.79 Å². The zero-order chi connectivity index (χ0) is 20.1. The van der Waals surface area contributed by atoms with E-state index in [1.807, 2.05) is 0 Å². The quantitative estimate of drug-likeness (QED) is 0.612. The molecule has 158 valence electrons. The molecule has 1 N–H and O–H groups in total. The van der Waals surface area contributed by atoms with Crippen molar-refractivity contribution in [2.75, 3.05) is 0 Å². The summed E-state index contributed by atoms with van der Waals surface area (Å²) in [5, 5.41) is 18.7. The summed E-state index contributed by atoms with van der Waals surface area (Å²) in [6, 6.07) is 0.305. The average molecular weight is 402 g/mol. The summed E-state index contributed by atoms with van der Waals surface area (Å²) >= 11 is 0. The molecule has 8 heteroatoms. The Hall–Kier alpha value is -1.99. The van der Waals surface area contributed by atoms with Crippen molar-refractivity contribution in [2.24, 2.45) is 17.3 Å². The van der Waals surface area contributed by atoms with E-state index in [4.69, 9.17) is 0 Å². The van der Waals surface area contributed by atoms with Gasteiger partial charge in [-0.1, -0.05) is 37.1 Å². The van der Waals surface area contributed by atoms with Crippen LogP contribution < -0.4 is 5.32 Å². The minimum atomic E-state index is -0.534. The summed E-state index contributed by atoms with van der Waals surface area (Å²) in [7, 11) is 0. The van der Waals surface area contributed by atoms with Crippen molar-refractivity contribution in [3.63, 3.8) is 0 Å². The van der Waals surface area contributed by atoms with Gasteiger partial charge in [-0.15, -0.1) is 0 Å². The topological polar surface area (TPSA) is 103 Å². The number of rotatable bonds is 4. The van der Waals surface area contributed by atoms with E-state index in [9.17, 15) is 14.9 Å². The molecule has 0 aromatic carbocycles. The van der Waals surface area contributed by atoms with Crippen molar-refractivity contribution in [2.45, 2.75) is 95.1 Å². The minimum absolute atomic E-state index is 0.233. The van der Waals surface area contributed by atoms with Crippen LogP contribution in [0, 0.1) is 27.4 Å². The molecule has 0 spiro atoms. The number of nitro groups is 1. The van der Waals surface area contributed by atoms with E-state index >= 15 is 0 Å². The van der Waals surface area contributed by atoms with Crippen molar-refractivity contribution < 1.29 is 9.72 Å². The summed E-state index contributed by atoms with van der Waals surface area (Å²) in [6.45, 7) is 0. The number of nitrogens with one attached hydrogen (secondary N) is 1. The van der Waals surface area contributed by atoms with Crippen LogP contribution >= 0.6 is 0 Å². The smallest absolute Gasteiger partial charge is 0.390 e. The summed E-state index contributed by atoms with van der Waals surface area (Å²) in [5.41, 5.74) is -0.628. The first-order valence-corrected chi connectivity index (χ1v) is 11.4. The molecule has 5 fully saturated rings. The molecule has 4 bridgehead atoms. The highest BCUT2D eigenvalue weighted by Gasteiger charge is 2.62. The van der Waals surface area contributed by atoms with Crippen LogP contribution in [0.4, 0.5) is 5.95 Å². The molecule has 5 aliphatic carbocycles. The van der Waals surface area contributed by atoms with Crippen LogP contribution in [0.25, 0.3) is 0 Å². The Kier molecular flexibility index (Phi) is 4.62. The first kappa shape index (κ1) is 19.0. The predicted octanol–water partition coefficient (Wildman–Crippen LogP) is 3.71. The molecule has 1 aromatic rings. The third kappa shape index (κ3) is 3.34. The number of carbonyl (C=O) groups is 1. The SMILES string of the molecule is O=C(NC1CCCCCCC1)C12C[C@H]3C[C@H](C1)CC(n1cnc([N+](=O)[O-])n1)(C3)C2. The van der Waals surface area contributed by atoms with Crippen LogP contribution in [0.5, 0.6) is 0 Å². The molecule has 0 radical (unpaired) electrons. The Labute approximate surface area is 171 Å². The minimum Gasteiger partial charge on any atom is -0.390 e. The largest absolute Gasteiger partial charge is 0.490 e. The van der Waals surface area contributed by atoms with Crippen LogP contribution in [0.15, 0.2) is 6.33 Å². The molecule has 5 saturated carbocycles. The highest BCUT2D eigenvalue weighted by molar-refractivity contribution is 5.83. The van der Waals surface area contributed by atoms with Gasteiger partial charge in [-0.2, -0.15) is 4.68 Å². The van der Waals surface area contributed by atoms with E-state index in [-0.39, 0.29) is 22.8 Å². The Balaban J connectivity index is 1.38. The molecule has 1 aromatic heterocycles. The molecule has 6 rings (SSSR count). The molecule has 0 aliphatic heterocycles. The molecule has 5 aliphatic rings. The van der Waals surface area contributed by atoms with Crippen molar-refractivity contribution in [1.29, 1.82) is 0 Å². The molecular weight excluding hydrogens is 370 g/mol. The highest BCUT2D eigenvalue weighted by Crippen LogP contribution is 2.64. The molecule has 0 unspecified atom stereocenters. The van der Waals surface area contributed by atoms with Gasteiger partial charge in [0.2, 0.25) is 12.2 Å². The average Bonchev–Trinajstić information content (AvgIpc) is 3.14. The molecule has 29 heavy (non-hydrogen) atoms. The number of hydrogen-bond acceptors (Lipinski definition) is 5. The van der Waals surface area contributed by atoms with Gasteiger partial charge < -0.3 is 15.4 Å². The Morgan fingerprint density at radius 2 is 1.76 bits per heavy atom. The van der Waals surface area contributed by atoms with Crippen LogP contribution in [-0.2, 0) is 10.3 Å². The summed E-state index contributed by atoms with van der Waals surface area (Å²) in [5.74, 6) is 0.898. The third-order valence-electron chi connectivity index (χ3n) is 8.08. The van der Waals surface area contributed by atoms with Gasteiger partial charge in [0.25, 0.3) is 0 Å². The number of nitrogens with zero attached hydrogens (tertiary/aromatic N) is 4. The lowest BCUT2D eigenvalue weighted by molar-refractivity contribution is -0.394. The van der Waals surface area contributed by atoms with E-state index < -0.39 is 4.92 Å². The molecular formula is C21H31N5O3. The first-order valence-electron chi connectivity index (χ1n) is 11.4. The standard InChI is InChI=1S/C21H31N5O3/c27-18(23-17-6-4-2-1-3-5-7-17)20-9-15-8-16(10-20)12-21(11-15,13-20)25-14-22-19(24-25)26(28)29/h14-17H,1-13H2,(H,23,27)/t15-,16-,20?,21?/m1/s1. The number of amides is 1. The van der Waals surface area contributed by atoms with Gasteiger partial charge >= 0.3 is 5.95 Å². The Morgan fingerprint density at radius 1 is 1.10 bits per heavy atom. The zero-order valence-electron chi connectivity index (χ0n) is 17.0. The van der Waals surface area contributed by atoms with Gasteiger partial charge in [-0.05, 0) is 68.1 Å². The van der Waals surface area contributed by atoms with Gasteiger partial charge in [-0.25, -0.2) is 0 Å². The number of hydrogen-bond donors (Lipinski definition) is 1. The number of carbonyl (C=O) groups excluding carboxylic acids is 1. The number of aromatic nitrogens is 3. The van der Waals surface area contributed by atoms with E-state index in [1.54, 1.807) is 4.68 Å². The van der Waals surface area contributed by atoms with Crippen molar-refractivity contribution in [1.82, 2.24) is 20.1 Å². The summed E-state index contributed by atoms with van der Waals surface area (Å²) in [6.07, 6.45) is 15.7. The van der Waals surface area contributed by atoms with Crippen LogP contribution in [0.3, 0.4) is 0 Å². The molecule has 1 heterocycles. The molecule has 2 atom stereocenters. The van der Waals surface area contributed by atoms with E-state index in [0.717, 1.165) is 44.9 Å². The first-order chi connectivity index (χ1) is 14.0. The fourth-order valence-electron chi connectivity index (χ4n) is 7.25. The second kappa shape index (κ2) is 7.06. The molecule has 1 amide bonds. The van der Waals surface area contributed by atoms with E-state index in [0.29, 0.717) is 17.9 Å². The lowest BCUT2D eigenvalue weighted by Gasteiger charge is -2.60. The maximum Gasteiger partial charge on any atom is 0.490 e.